The molecule has 0 rings (SSSR count). The van der Waals surface area contributed by atoms with Gasteiger partial charge in [0, 0.05) is 13.5 Å². The summed E-state index contributed by atoms with van der Waals surface area (Å²) in [4.78, 5) is 29.0. The number of unbranched alkanes of at least 4 members (excludes halogenated alkanes) is 32. The molecule has 0 unspecified atom stereocenters. The molecule has 8 heteroatoms. The Morgan fingerprint density at radius 3 is 0.873 bits per heavy atom. The van der Waals surface area contributed by atoms with E-state index < -0.39 is 0 Å². The van der Waals surface area contributed by atoms with Crippen molar-refractivity contribution < 1.29 is 24.7 Å². The lowest BCUT2D eigenvalue weighted by molar-refractivity contribution is -0.122. The van der Waals surface area contributed by atoms with Crippen LogP contribution in [0.2, 0.25) is 0 Å². The molecule has 0 atom stereocenters. The summed E-state index contributed by atoms with van der Waals surface area (Å²) in [5.74, 6) is 0. The van der Waals surface area contributed by atoms with E-state index in [1.165, 1.54) is 239 Å². The summed E-state index contributed by atoms with van der Waals surface area (Å²) < 4.78 is 0. The van der Waals surface area contributed by atoms with Gasteiger partial charge in [0.1, 0.15) is 13.1 Å². The molecule has 0 amide bonds. The Morgan fingerprint density at radius 1 is 0.455 bits per heavy atom. The van der Waals surface area contributed by atoms with Gasteiger partial charge in [-0.2, -0.15) is 0 Å². The van der Waals surface area contributed by atoms with Gasteiger partial charge in [-0.3, -0.25) is 4.79 Å². The van der Waals surface area contributed by atoms with Gasteiger partial charge >= 0.3 is 0 Å². The van der Waals surface area contributed by atoms with E-state index in [2.05, 4.69) is 25.7 Å². The van der Waals surface area contributed by atoms with Gasteiger partial charge in [0.15, 0.2) is 0 Å². The van der Waals surface area contributed by atoms with Crippen molar-refractivity contribution in [2.75, 3.05) is 33.2 Å². The van der Waals surface area contributed by atoms with Gasteiger partial charge in [-0.05, 0) is 51.9 Å². The summed E-state index contributed by atoms with van der Waals surface area (Å²) in [7, 11) is 1.43. The molecule has 0 radical (unpaired) electrons. The third kappa shape index (κ3) is 77.9. The lowest BCUT2D eigenvalue weighted by atomic mass is 10.0. The molecule has 0 saturated heterocycles. The topological polar surface area (TPSA) is 133 Å². The number of aldehydes is 1. The highest BCUT2D eigenvalue weighted by molar-refractivity contribution is 5.48. The van der Waals surface area contributed by atoms with E-state index in [1.54, 1.807) is 5.48 Å². The Kier molecular flexibility index (Phi) is 80.5. The number of carboxylic acid groups (broad SMARTS) is 1. The van der Waals surface area contributed by atoms with Crippen molar-refractivity contribution in [1.82, 2.24) is 10.4 Å². The molecule has 0 aromatic carbocycles. The molecule has 0 aliphatic heterocycles. The summed E-state index contributed by atoms with van der Waals surface area (Å²) in [6, 6.07) is 0. The second-order valence-corrected chi connectivity index (χ2v) is 15.2. The molecule has 0 bridgehead atoms. The van der Waals surface area contributed by atoms with Crippen molar-refractivity contribution in [2.24, 2.45) is 5.73 Å². The molecule has 0 aliphatic carbocycles. The van der Waals surface area contributed by atoms with Crippen LogP contribution in [-0.4, -0.2) is 68.0 Å². The average molecular weight is 788 g/mol. The maximum absolute atomic E-state index is 9.89. The molecule has 0 heterocycles. The van der Waals surface area contributed by atoms with E-state index in [0.717, 1.165) is 32.1 Å². The Hall–Kier alpha value is -1.35. The molecule has 0 fully saturated rings. The van der Waals surface area contributed by atoms with E-state index >= 15 is 0 Å². The molecule has 0 spiro atoms. The van der Waals surface area contributed by atoms with Gasteiger partial charge in [-0.1, -0.05) is 220 Å². The maximum atomic E-state index is 9.89. The number of nitrogens with zero attached hydrogens (tertiary/aromatic N) is 1. The average Bonchev–Trinajstić information content (AvgIpc) is 3.20. The number of nitrogens with one attached hydrogen (secondary N) is 1. The zero-order valence-corrected chi connectivity index (χ0v) is 37.8. The summed E-state index contributed by atoms with van der Waals surface area (Å²) in [5, 5.41) is 14.2. The van der Waals surface area contributed by atoms with Crippen LogP contribution in [0.15, 0.2) is 0 Å². The molecular weight excluding hydrogens is 687 g/mol. The van der Waals surface area contributed by atoms with Crippen LogP contribution in [0.25, 0.3) is 0 Å². The first-order valence-corrected chi connectivity index (χ1v) is 23.6. The third-order valence-corrected chi connectivity index (χ3v) is 10.0. The summed E-state index contributed by atoms with van der Waals surface area (Å²) in [6.07, 6.45) is 51.1. The second-order valence-electron chi connectivity index (χ2n) is 15.2. The Bertz CT molecular complexity index is 583. The van der Waals surface area contributed by atoms with Crippen LogP contribution in [0.3, 0.4) is 0 Å². The third-order valence-electron chi connectivity index (χ3n) is 10.0. The van der Waals surface area contributed by atoms with Crippen LogP contribution in [-0.2, 0) is 14.4 Å². The fourth-order valence-electron chi connectivity index (χ4n) is 6.72. The lowest BCUT2D eigenvalue weighted by Crippen LogP contribution is -2.28. The summed E-state index contributed by atoms with van der Waals surface area (Å²) in [5.41, 5.74) is 7.56. The van der Waals surface area contributed by atoms with Gasteiger partial charge in [-0.15, -0.1) is 0 Å². The SMILES string of the molecule is C=O.CCCCCCCCC=O.CCCCCCCCCCCCCCCCN(CCCN)CCCCCCCCCCCCCCCC.CNO.O=CO. The van der Waals surface area contributed by atoms with Crippen LogP contribution < -0.4 is 11.2 Å². The minimum Gasteiger partial charge on any atom is -0.483 e. The maximum Gasteiger partial charge on any atom is 0.290 e. The van der Waals surface area contributed by atoms with E-state index in [9.17, 15) is 4.79 Å². The number of carbonyl (C=O) groups excluding carboxylic acids is 2. The lowest BCUT2D eigenvalue weighted by Gasteiger charge is -2.22. The molecule has 0 aromatic heterocycles. The van der Waals surface area contributed by atoms with Crippen LogP contribution in [0, 0.1) is 0 Å². The predicted molar refractivity (Wildman–Crippen MR) is 241 cm³/mol. The minimum atomic E-state index is -0.250. The van der Waals surface area contributed by atoms with Crippen molar-refractivity contribution in [3.8, 4) is 0 Å². The number of carbonyl (C=O) groups is 3. The van der Waals surface area contributed by atoms with Crippen molar-refractivity contribution in [1.29, 1.82) is 0 Å². The minimum absolute atomic E-state index is 0.250. The number of hydrogen-bond donors (Lipinski definition) is 4. The second kappa shape index (κ2) is 70.5. The predicted octanol–water partition coefficient (Wildman–Crippen LogP) is 13.6. The van der Waals surface area contributed by atoms with Crippen LogP contribution in [0.4, 0.5) is 0 Å². The van der Waals surface area contributed by atoms with E-state index in [4.69, 9.17) is 25.6 Å². The standard InChI is InChI=1S/C35H74N2.C9H18O.CH5NO.CH2O2.CH2O/c1-3-5-7-9-11-13-15-17-19-21-23-25-27-29-33-37(35-31-32-36)34-30-28-26-24-22-20-18-16-14-12-10-8-6-4-2;1-2-3-4-5-6-7-8-9-10;1-2-3;2-1-3;1-2/h3-36H2,1-2H3;9H,2-8H2,1H3;2-3H,1H3;1H,(H,2,3);1H2. The Balaban J connectivity index is -0.000000383. The number of rotatable bonds is 40. The molecule has 8 nitrogen and oxygen atoms in total. The fourth-order valence-corrected chi connectivity index (χ4v) is 6.72. The molecular formula is C47H101N3O5. The summed E-state index contributed by atoms with van der Waals surface area (Å²) in [6.45, 7) is 13.2. The van der Waals surface area contributed by atoms with Crippen LogP contribution >= 0.6 is 0 Å². The smallest absolute Gasteiger partial charge is 0.290 e. The van der Waals surface area contributed by atoms with Gasteiger partial charge in [0.05, 0.1) is 0 Å². The van der Waals surface area contributed by atoms with E-state index in [1.807, 2.05) is 6.79 Å². The molecule has 0 aromatic rings. The number of hydroxylamine groups is 1. The molecule has 55 heavy (non-hydrogen) atoms. The normalized spacial score (nSPS) is 10.2. The molecule has 334 valence electrons. The van der Waals surface area contributed by atoms with Gasteiger partial charge in [0.25, 0.3) is 6.47 Å². The highest BCUT2D eigenvalue weighted by Gasteiger charge is 2.04. The van der Waals surface area contributed by atoms with Gasteiger partial charge < -0.3 is 30.5 Å². The summed E-state index contributed by atoms with van der Waals surface area (Å²) >= 11 is 0. The largest absolute Gasteiger partial charge is 0.483 e. The van der Waals surface area contributed by atoms with Gasteiger partial charge in [-0.25, -0.2) is 5.48 Å². The molecule has 0 saturated carbocycles. The van der Waals surface area contributed by atoms with Crippen LogP contribution in [0.5, 0.6) is 0 Å². The Morgan fingerprint density at radius 2 is 0.655 bits per heavy atom. The molecule has 0 aliphatic rings. The van der Waals surface area contributed by atoms with E-state index in [0.29, 0.717) is 0 Å². The van der Waals surface area contributed by atoms with Crippen molar-refractivity contribution in [3.63, 3.8) is 0 Å². The number of hydrogen-bond acceptors (Lipinski definition) is 7. The number of nitrogens with two attached hydrogens (primary N) is 1. The zero-order chi connectivity index (χ0) is 42.0. The first-order chi connectivity index (χ1) is 27.1. The van der Waals surface area contributed by atoms with E-state index in [-0.39, 0.29) is 6.47 Å². The zero-order valence-electron chi connectivity index (χ0n) is 37.8. The van der Waals surface area contributed by atoms with Crippen molar-refractivity contribution in [2.45, 2.75) is 252 Å². The van der Waals surface area contributed by atoms with Crippen LogP contribution in [0.1, 0.15) is 252 Å². The highest BCUT2D eigenvalue weighted by Crippen LogP contribution is 2.15. The first-order valence-electron chi connectivity index (χ1n) is 23.6. The van der Waals surface area contributed by atoms with Crippen molar-refractivity contribution >= 4 is 19.5 Å². The van der Waals surface area contributed by atoms with Gasteiger partial charge in [0.2, 0.25) is 0 Å². The Labute approximate surface area is 344 Å². The quantitative estimate of drug-likeness (QED) is 0.0274. The highest BCUT2D eigenvalue weighted by atomic mass is 16.5. The first kappa shape index (κ1) is 62.8. The monoisotopic (exact) mass is 788 g/mol. The fraction of sp³-hybridized carbons (Fsp3) is 0.936. The molecule has 5 N–H and O–H groups in total. The van der Waals surface area contributed by atoms with Crippen molar-refractivity contribution in [3.05, 3.63) is 0 Å².